The Labute approximate surface area is 109 Å². The average Bonchev–Trinajstić information content (AvgIpc) is 2.84. The van der Waals surface area contributed by atoms with Gasteiger partial charge in [-0.25, -0.2) is 0 Å². The lowest BCUT2D eigenvalue weighted by Gasteiger charge is -2.01. The first-order chi connectivity index (χ1) is 9.13. The fraction of sp³-hybridized carbons (Fsp3) is 0.333. The van der Waals surface area contributed by atoms with Gasteiger partial charge in [0.25, 0.3) is 5.69 Å². The van der Waals surface area contributed by atoms with Crippen molar-refractivity contribution in [1.29, 1.82) is 0 Å². The van der Waals surface area contributed by atoms with Crippen molar-refractivity contribution in [3.05, 3.63) is 39.8 Å². The number of nitro groups is 1. The predicted molar refractivity (Wildman–Crippen MR) is 68.8 cm³/mol. The Hall–Kier alpha value is -2.28. The van der Waals surface area contributed by atoms with E-state index in [1.165, 1.54) is 6.07 Å². The molecule has 0 fully saturated rings. The van der Waals surface area contributed by atoms with Crippen LogP contribution in [0.15, 0.2) is 22.6 Å². The third-order valence-corrected chi connectivity index (χ3v) is 2.79. The molecule has 1 aromatic carbocycles. The van der Waals surface area contributed by atoms with E-state index in [0.717, 1.165) is 6.54 Å². The fourth-order valence-corrected chi connectivity index (χ4v) is 1.75. The molecular formula is C12H14N4O3. The summed E-state index contributed by atoms with van der Waals surface area (Å²) in [5, 5.41) is 21.7. The molecule has 0 radical (unpaired) electrons. The Kier molecular flexibility index (Phi) is 3.86. The number of aromatic nitrogens is 2. The van der Waals surface area contributed by atoms with Crippen molar-refractivity contribution in [2.75, 3.05) is 13.6 Å². The molecule has 0 amide bonds. The minimum atomic E-state index is -0.420. The number of hydrogen-bond donors (Lipinski definition) is 1. The third kappa shape index (κ3) is 2.76. The maximum absolute atomic E-state index is 10.9. The summed E-state index contributed by atoms with van der Waals surface area (Å²) >= 11 is 0. The van der Waals surface area contributed by atoms with Gasteiger partial charge in [0.15, 0.2) is 0 Å². The standard InChI is InChI=1S/C12H14N4O3/c1-8-9(4-3-5-10(8)16(17)18)12-15-14-11(19-12)6-7-13-2/h3-5,13H,6-7H2,1-2H3. The second-order valence-corrected chi connectivity index (χ2v) is 4.06. The van der Waals surface area contributed by atoms with Gasteiger partial charge in [0, 0.05) is 30.2 Å². The first-order valence-corrected chi connectivity index (χ1v) is 5.85. The van der Waals surface area contributed by atoms with E-state index >= 15 is 0 Å². The Balaban J connectivity index is 2.34. The molecule has 2 aromatic rings. The molecule has 1 aromatic heterocycles. The third-order valence-electron chi connectivity index (χ3n) is 2.79. The number of benzene rings is 1. The SMILES string of the molecule is CNCCc1nnc(-c2cccc([N+](=O)[O-])c2C)o1. The zero-order valence-corrected chi connectivity index (χ0v) is 10.7. The van der Waals surface area contributed by atoms with Gasteiger partial charge in [0.05, 0.1) is 4.92 Å². The molecule has 7 heteroatoms. The molecule has 7 nitrogen and oxygen atoms in total. The summed E-state index contributed by atoms with van der Waals surface area (Å²) in [5.41, 5.74) is 1.17. The van der Waals surface area contributed by atoms with E-state index in [9.17, 15) is 10.1 Å². The quantitative estimate of drug-likeness (QED) is 0.651. The van der Waals surface area contributed by atoms with Gasteiger partial charge in [0.2, 0.25) is 11.8 Å². The van der Waals surface area contributed by atoms with Gasteiger partial charge in [-0.3, -0.25) is 10.1 Å². The number of nitrogens with zero attached hydrogens (tertiary/aromatic N) is 3. The van der Waals surface area contributed by atoms with E-state index < -0.39 is 4.92 Å². The van der Waals surface area contributed by atoms with Crippen LogP contribution in [0.3, 0.4) is 0 Å². The lowest BCUT2D eigenvalue weighted by Crippen LogP contribution is -2.10. The molecule has 0 saturated heterocycles. The number of rotatable bonds is 5. The minimum Gasteiger partial charge on any atom is -0.421 e. The van der Waals surface area contributed by atoms with Gasteiger partial charge in [0.1, 0.15) is 0 Å². The second-order valence-electron chi connectivity index (χ2n) is 4.06. The molecule has 0 atom stereocenters. The normalized spacial score (nSPS) is 10.6. The van der Waals surface area contributed by atoms with Crippen molar-refractivity contribution in [3.8, 4) is 11.5 Å². The maximum Gasteiger partial charge on any atom is 0.273 e. The highest BCUT2D eigenvalue weighted by Gasteiger charge is 2.18. The van der Waals surface area contributed by atoms with Gasteiger partial charge in [-0.15, -0.1) is 10.2 Å². The second kappa shape index (κ2) is 5.57. The van der Waals surface area contributed by atoms with Crippen LogP contribution in [0.25, 0.3) is 11.5 Å². The van der Waals surface area contributed by atoms with Crippen LogP contribution in [0, 0.1) is 17.0 Å². The molecular weight excluding hydrogens is 248 g/mol. The van der Waals surface area contributed by atoms with Crippen molar-refractivity contribution in [2.24, 2.45) is 0 Å². The van der Waals surface area contributed by atoms with Gasteiger partial charge in [-0.05, 0) is 20.0 Å². The van der Waals surface area contributed by atoms with Crippen LogP contribution in [0.2, 0.25) is 0 Å². The molecule has 0 aliphatic carbocycles. The van der Waals surface area contributed by atoms with Crippen molar-refractivity contribution in [2.45, 2.75) is 13.3 Å². The predicted octanol–water partition coefficient (Wildman–Crippen LogP) is 1.72. The molecule has 19 heavy (non-hydrogen) atoms. The molecule has 1 heterocycles. The summed E-state index contributed by atoms with van der Waals surface area (Å²) in [6, 6.07) is 4.80. The zero-order chi connectivity index (χ0) is 13.8. The largest absolute Gasteiger partial charge is 0.421 e. The maximum atomic E-state index is 10.9. The number of hydrogen-bond acceptors (Lipinski definition) is 6. The van der Waals surface area contributed by atoms with Crippen LogP contribution in [-0.2, 0) is 6.42 Å². The monoisotopic (exact) mass is 262 g/mol. The summed E-state index contributed by atoms with van der Waals surface area (Å²) in [6.07, 6.45) is 0.622. The molecule has 0 aliphatic heterocycles. The van der Waals surface area contributed by atoms with Crippen molar-refractivity contribution < 1.29 is 9.34 Å². The average molecular weight is 262 g/mol. The zero-order valence-electron chi connectivity index (χ0n) is 10.7. The Morgan fingerprint density at radius 2 is 2.21 bits per heavy atom. The van der Waals surface area contributed by atoms with E-state index in [4.69, 9.17) is 4.42 Å². The molecule has 2 rings (SSSR count). The highest BCUT2D eigenvalue weighted by Crippen LogP contribution is 2.28. The van der Waals surface area contributed by atoms with E-state index in [2.05, 4.69) is 15.5 Å². The Morgan fingerprint density at radius 1 is 1.42 bits per heavy atom. The molecule has 1 N–H and O–H groups in total. The summed E-state index contributed by atoms with van der Waals surface area (Å²) in [6.45, 7) is 2.40. The van der Waals surface area contributed by atoms with Gasteiger partial charge in [-0.1, -0.05) is 6.07 Å². The van der Waals surface area contributed by atoms with Gasteiger partial charge < -0.3 is 9.73 Å². The molecule has 0 saturated carbocycles. The molecule has 0 unspecified atom stereocenters. The van der Waals surface area contributed by atoms with Gasteiger partial charge in [-0.2, -0.15) is 0 Å². The summed E-state index contributed by atoms with van der Waals surface area (Å²) in [7, 11) is 1.84. The highest BCUT2D eigenvalue weighted by molar-refractivity contribution is 5.64. The Bertz CT molecular complexity index is 594. The van der Waals surface area contributed by atoms with Crippen LogP contribution >= 0.6 is 0 Å². The first kappa shape index (κ1) is 13.2. The molecule has 0 aliphatic rings. The number of nitrogens with one attached hydrogen (secondary N) is 1. The van der Waals surface area contributed by atoms with E-state index in [1.54, 1.807) is 19.1 Å². The summed E-state index contributed by atoms with van der Waals surface area (Å²) < 4.78 is 5.50. The van der Waals surface area contributed by atoms with Crippen molar-refractivity contribution >= 4 is 5.69 Å². The van der Waals surface area contributed by atoms with Crippen LogP contribution < -0.4 is 5.32 Å². The van der Waals surface area contributed by atoms with E-state index in [-0.39, 0.29) is 5.69 Å². The Morgan fingerprint density at radius 3 is 2.89 bits per heavy atom. The number of likely N-dealkylation sites (N-methyl/N-ethyl adjacent to an activating group) is 1. The topological polar surface area (TPSA) is 94.1 Å². The van der Waals surface area contributed by atoms with Crippen LogP contribution in [-0.4, -0.2) is 28.7 Å². The lowest BCUT2D eigenvalue weighted by atomic mass is 10.1. The van der Waals surface area contributed by atoms with Gasteiger partial charge >= 0.3 is 0 Å². The minimum absolute atomic E-state index is 0.0486. The van der Waals surface area contributed by atoms with Crippen molar-refractivity contribution in [3.63, 3.8) is 0 Å². The molecule has 0 bridgehead atoms. The van der Waals surface area contributed by atoms with E-state index in [1.807, 2.05) is 7.05 Å². The molecule has 0 spiro atoms. The lowest BCUT2D eigenvalue weighted by molar-refractivity contribution is -0.385. The summed E-state index contributed by atoms with van der Waals surface area (Å²) in [4.78, 5) is 10.5. The fourth-order valence-electron chi connectivity index (χ4n) is 1.75. The van der Waals surface area contributed by atoms with Crippen LogP contribution in [0.4, 0.5) is 5.69 Å². The van der Waals surface area contributed by atoms with Crippen LogP contribution in [0.1, 0.15) is 11.5 Å². The summed E-state index contributed by atoms with van der Waals surface area (Å²) in [5.74, 6) is 0.822. The van der Waals surface area contributed by atoms with Crippen molar-refractivity contribution in [1.82, 2.24) is 15.5 Å². The van der Waals surface area contributed by atoms with Crippen LogP contribution in [0.5, 0.6) is 0 Å². The number of nitro benzene ring substituents is 1. The van der Waals surface area contributed by atoms with E-state index in [0.29, 0.717) is 29.3 Å². The smallest absolute Gasteiger partial charge is 0.273 e. The molecule has 100 valence electrons. The first-order valence-electron chi connectivity index (χ1n) is 5.85. The highest BCUT2D eigenvalue weighted by atomic mass is 16.6.